The summed E-state index contributed by atoms with van der Waals surface area (Å²) in [6.07, 6.45) is 6.69. The number of fused-ring (bicyclic) bond motifs is 2. The molecule has 7 rings (SSSR count). The van der Waals surface area contributed by atoms with Gasteiger partial charge in [0.1, 0.15) is 11.2 Å². The first-order valence-electron chi connectivity index (χ1n) is 12.9. The summed E-state index contributed by atoms with van der Waals surface area (Å²) in [5.74, 6) is 0.671. The molecule has 0 bridgehead atoms. The van der Waals surface area contributed by atoms with Crippen molar-refractivity contribution < 1.29 is 4.79 Å². The molecule has 5 heterocycles. The van der Waals surface area contributed by atoms with Gasteiger partial charge in [-0.05, 0) is 74.5 Å². The number of hydrogen-bond acceptors (Lipinski definition) is 5. The Balaban J connectivity index is 1.22. The molecule has 0 unspecified atom stereocenters. The Kier molecular flexibility index (Phi) is 6.57. The number of amides is 1. The van der Waals surface area contributed by atoms with Crippen molar-refractivity contribution in [2.75, 3.05) is 6.54 Å². The average Bonchev–Trinajstić information content (AvgIpc) is 3.63. The molecule has 2 aliphatic heterocycles. The van der Waals surface area contributed by atoms with E-state index in [1.165, 1.54) is 10.4 Å². The van der Waals surface area contributed by atoms with Gasteiger partial charge >= 0.3 is 0 Å². The minimum atomic E-state index is -0.325. The molecule has 0 aliphatic carbocycles. The van der Waals surface area contributed by atoms with Gasteiger partial charge in [0, 0.05) is 44.9 Å². The maximum atomic E-state index is 12.7. The minimum Gasteiger partial charge on any atom is -0.335 e. The molecular formula is C32H24IN5OS. The molecule has 2 N–H and O–H groups in total. The van der Waals surface area contributed by atoms with Crippen LogP contribution < -0.4 is 5.32 Å². The van der Waals surface area contributed by atoms with Crippen molar-refractivity contribution in [1.29, 1.82) is 0 Å². The third kappa shape index (κ3) is 4.77. The van der Waals surface area contributed by atoms with Gasteiger partial charge in [-0.2, -0.15) is 0 Å². The first-order chi connectivity index (χ1) is 19.6. The van der Waals surface area contributed by atoms with Crippen molar-refractivity contribution >= 4 is 64.3 Å². The summed E-state index contributed by atoms with van der Waals surface area (Å²) < 4.78 is 4.43. The average molecular weight is 654 g/mol. The van der Waals surface area contributed by atoms with Gasteiger partial charge in [0.2, 0.25) is 0 Å². The molecular weight excluding hydrogens is 629 g/mol. The van der Waals surface area contributed by atoms with Gasteiger partial charge in [0.15, 0.2) is 5.82 Å². The molecule has 0 saturated heterocycles. The predicted octanol–water partition coefficient (Wildman–Crippen LogP) is 6.83. The number of hydrogen-bond donors (Lipinski definition) is 2. The molecule has 0 saturated carbocycles. The molecule has 0 radical (unpaired) electrons. The van der Waals surface area contributed by atoms with Crippen molar-refractivity contribution in [2.45, 2.75) is 13.3 Å². The number of rotatable bonds is 5. The van der Waals surface area contributed by atoms with Gasteiger partial charge in [-0.3, -0.25) is 14.8 Å². The Morgan fingerprint density at radius 2 is 1.95 bits per heavy atom. The van der Waals surface area contributed by atoms with Gasteiger partial charge in [0.25, 0.3) is 5.91 Å². The summed E-state index contributed by atoms with van der Waals surface area (Å²) >= 11 is 1.42. The number of halogens is 1. The summed E-state index contributed by atoms with van der Waals surface area (Å²) in [5, 5.41) is 3.08. The molecule has 196 valence electrons. The van der Waals surface area contributed by atoms with E-state index in [9.17, 15) is 4.79 Å². The molecule has 0 atom stereocenters. The summed E-state index contributed by atoms with van der Waals surface area (Å²) in [6.45, 7) is 2.84. The normalized spacial score (nSPS) is 14.6. The molecule has 5 aromatic rings. The van der Waals surface area contributed by atoms with E-state index in [-0.39, 0.29) is 26.6 Å². The number of pyridine rings is 1. The minimum absolute atomic E-state index is 0.0929. The number of carbonyl (C=O) groups is 1. The Morgan fingerprint density at radius 3 is 2.80 bits per heavy atom. The van der Waals surface area contributed by atoms with E-state index in [2.05, 4.69) is 66.7 Å². The number of nitrogens with zero attached hydrogens (tertiary/aromatic N) is 3. The van der Waals surface area contributed by atoms with Crippen LogP contribution in [0, 0.1) is 6.92 Å². The Hall–Kier alpha value is -4.02. The van der Waals surface area contributed by atoms with Crippen LogP contribution in [0.15, 0.2) is 93.9 Å². The van der Waals surface area contributed by atoms with E-state index < -0.39 is 0 Å². The van der Waals surface area contributed by atoms with Crippen LogP contribution in [0.4, 0.5) is 0 Å². The molecule has 3 aromatic heterocycles. The Morgan fingerprint density at radius 1 is 1.05 bits per heavy atom. The molecule has 2 aromatic carbocycles. The predicted molar refractivity (Wildman–Crippen MR) is 173 cm³/mol. The zero-order chi connectivity index (χ0) is 27.1. The number of aromatic amines is 1. The highest BCUT2D eigenvalue weighted by atomic mass is 127. The first-order valence-corrected chi connectivity index (χ1v) is 16.3. The van der Waals surface area contributed by atoms with E-state index in [0.717, 1.165) is 68.4 Å². The number of aromatic nitrogens is 3. The summed E-state index contributed by atoms with van der Waals surface area (Å²) in [4.78, 5) is 33.1. The number of nitrogens with one attached hydrogen (secondary N) is 2. The third-order valence-corrected chi connectivity index (χ3v) is 10.0. The number of allylic oxidation sites excluding steroid dienone is 3. The summed E-state index contributed by atoms with van der Waals surface area (Å²) in [6, 6.07) is 20.2. The lowest BCUT2D eigenvalue weighted by atomic mass is 9.93. The lowest BCUT2D eigenvalue weighted by Crippen LogP contribution is -2.23. The highest BCUT2D eigenvalue weighted by Crippen LogP contribution is 2.33. The first kappa shape index (κ1) is 25.0. The largest absolute Gasteiger partial charge is 0.335 e. The van der Waals surface area contributed by atoms with E-state index in [4.69, 9.17) is 9.98 Å². The number of aliphatic imine (C=N–C) groups is 1. The zero-order valence-electron chi connectivity index (χ0n) is 21.6. The zero-order valence-corrected chi connectivity index (χ0v) is 24.6. The topological polar surface area (TPSA) is 83.0 Å². The van der Waals surface area contributed by atoms with E-state index in [1.807, 2.05) is 42.7 Å². The van der Waals surface area contributed by atoms with Crippen molar-refractivity contribution in [3.8, 4) is 10.4 Å². The van der Waals surface area contributed by atoms with Crippen LogP contribution in [0.1, 0.15) is 37.7 Å². The van der Waals surface area contributed by atoms with Crippen LogP contribution in [0.25, 0.3) is 27.0 Å². The van der Waals surface area contributed by atoms with Gasteiger partial charge in [-0.1, -0.05) is 51.1 Å². The Labute approximate surface area is 245 Å². The number of thiophene rings is 1. The van der Waals surface area contributed by atoms with Crippen molar-refractivity contribution in [2.24, 2.45) is 4.99 Å². The van der Waals surface area contributed by atoms with Crippen LogP contribution in [0.3, 0.4) is 0 Å². The van der Waals surface area contributed by atoms with Gasteiger partial charge in [-0.25, -0.2) is 4.98 Å². The van der Waals surface area contributed by atoms with Crippen LogP contribution in [0.5, 0.6) is 0 Å². The second-order valence-corrected chi connectivity index (χ2v) is 12.9. The molecule has 0 spiro atoms. The number of benzene rings is 2. The lowest BCUT2D eigenvalue weighted by molar-refractivity contribution is 0.0968. The number of carbonyl (C=O) groups excluding carboxylic acids is 1. The monoisotopic (exact) mass is 653 g/mol. The molecule has 40 heavy (non-hydrogen) atoms. The van der Waals surface area contributed by atoms with Gasteiger partial charge < -0.3 is 10.3 Å². The number of imidazole rings is 1. The number of H-pyrrole nitrogens is 1. The molecule has 6 nitrogen and oxygen atoms in total. The maximum absolute atomic E-state index is 12.7. The van der Waals surface area contributed by atoms with E-state index >= 15 is 0 Å². The van der Waals surface area contributed by atoms with Gasteiger partial charge in [-0.15, -0.1) is 11.3 Å². The summed E-state index contributed by atoms with van der Waals surface area (Å²) in [5.41, 5.74) is 9.83. The fraction of sp³-hybridized carbons (Fsp3) is 0.0938. The SMILES string of the molecule is Cc1ccc(-c2cncc3[nH]c(C4=NCCc5ccc(C6=CI=CC(NC(=O)c7ccccc7)=C6)cc54)nc23)s1. The fourth-order valence-electron chi connectivity index (χ4n) is 4.98. The smallest absolute Gasteiger partial charge is 0.255 e. The third-order valence-electron chi connectivity index (χ3n) is 6.94. The van der Waals surface area contributed by atoms with Crippen molar-refractivity contribution in [3.63, 3.8) is 0 Å². The molecule has 8 heteroatoms. The second-order valence-electron chi connectivity index (χ2n) is 9.65. The molecule has 0 fully saturated rings. The van der Waals surface area contributed by atoms with Gasteiger partial charge in [0.05, 0.1) is 11.7 Å². The van der Waals surface area contributed by atoms with Crippen LogP contribution in [-0.2, 0) is 6.42 Å². The molecule has 2 aliphatic rings. The van der Waals surface area contributed by atoms with E-state index in [0.29, 0.717) is 5.56 Å². The highest BCUT2D eigenvalue weighted by Gasteiger charge is 2.21. The summed E-state index contributed by atoms with van der Waals surface area (Å²) in [7, 11) is 0. The standard InChI is InChI=1S/C32H24IN5OS/c1-19-7-10-28(40-19)26-17-34-18-27-29(26)38-31(37-27)30-25-14-22(9-8-20(25)11-12-35-30)23-13-24(16-33-15-23)36-32(39)21-5-3-2-4-6-21/h2-10,13-18H,11-12H2,1H3,(H,36,39)(H,37,38). The molecule has 1 amide bonds. The highest BCUT2D eigenvalue weighted by molar-refractivity contribution is 14.2. The van der Waals surface area contributed by atoms with Crippen LogP contribution in [-0.4, -0.2) is 37.1 Å². The van der Waals surface area contributed by atoms with Crippen LogP contribution >= 0.6 is 32.1 Å². The quantitative estimate of drug-likeness (QED) is 0.204. The fourth-order valence-corrected chi connectivity index (χ4v) is 7.68. The van der Waals surface area contributed by atoms with Crippen molar-refractivity contribution in [3.05, 3.63) is 122 Å². The van der Waals surface area contributed by atoms with E-state index in [1.54, 1.807) is 11.3 Å². The second kappa shape index (κ2) is 10.5. The van der Waals surface area contributed by atoms with Crippen molar-refractivity contribution in [1.82, 2.24) is 20.3 Å². The van der Waals surface area contributed by atoms with Crippen LogP contribution in [0.2, 0.25) is 0 Å². The maximum Gasteiger partial charge on any atom is 0.255 e. The number of aryl methyl sites for hydroxylation is 1. The lowest BCUT2D eigenvalue weighted by Gasteiger charge is -2.18. The Bertz CT molecular complexity index is 1910.